The molecule has 6 heterocycles. The topological polar surface area (TPSA) is 89.9 Å². The molecule has 10 nitrogen and oxygen atoms in total. The van der Waals surface area contributed by atoms with E-state index >= 15 is 0 Å². The van der Waals surface area contributed by atoms with Crippen LogP contribution in [0.5, 0.6) is 0 Å². The van der Waals surface area contributed by atoms with Crippen molar-refractivity contribution < 1.29 is 9.53 Å². The van der Waals surface area contributed by atoms with E-state index in [-0.39, 0.29) is 17.7 Å². The van der Waals surface area contributed by atoms with Crippen molar-refractivity contribution in [3.63, 3.8) is 0 Å². The summed E-state index contributed by atoms with van der Waals surface area (Å²) in [5.74, 6) is 1.18. The molecule has 0 radical (unpaired) electrons. The molecule has 0 aromatic carbocycles. The molecule has 3 aromatic rings. The first-order valence-corrected chi connectivity index (χ1v) is 17.9. The zero-order chi connectivity index (χ0) is 33.1. The number of carbonyl (C=O) groups excluding carboxylic acids is 1. The number of rotatable bonds is 8. The van der Waals surface area contributed by atoms with E-state index in [4.69, 9.17) is 4.74 Å². The van der Waals surface area contributed by atoms with Gasteiger partial charge in [0.2, 0.25) is 0 Å². The van der Waals surface area contributed by atoms with E-state index in [9.17, 15) is 9.59 Å². The van der Waals surface area contributed by atoms with Gasteiger partial charge in [-0.25, -0.2) is 9.78 Å². The van der Waals surface area contributed by atoms with Crippen LogP contribution >= 0.6 is 0 Å². The van der Waals surface area contributed by atoms with Gasteiger partial charge in [-0.2, -0.15) is 0 Å². The van der Waals surface area contributed by atoms with Crippen LogP contribution in [-0.4, -0.2) is 118 Å². The third-order valence-electron chi connectivity index (χ3n) is 10.4. The fourth-order valence-electron chi connectivity index (χ4n) is 7.52. The Labute approximate surface area is 280 Å². The quantitative estimate of drug-likeness (QED) is 0.350. The molecule has 1 amide bonds. The zero-order valence-corrected chi connectivity index (χ0v) is 29.2. The van der Waals surface area contributed by atoms with Crippen LogP contribution in [0.2, 0.25) is 0 Å². The number of nitrogens with zero attached hydrogens (tertiary/aromatic N) is 6. The van der Waals surface area contributed by atoms with Gasteiger partial charge in [-0.05, 0) is 109 Å². The van der Waals surface area contributed by atoms with Crippen molar-refractivity contribution in [3.8, 4) is 11.1 Å². The van der Waals surface area contributed by atoms with Crippen molar-refractivity contribution in [2.45, 2.75) is 77.9 Å². The number of nitrogens with one attached hydrogen (secondary N) is 1. The first kappa shape index (κ1) is 33.7. The molecule has 0 spiro atoms. The lowest BCUT2D eigenvalue weighted by Gasteiger charge is -2.40. The van der Waals surface area contributed by atoms with E-state index in [1.165, 1.54) is 5.69 Å². The Bertz CT molecular complexity index is 1550. The third kappa shape index (κ3) is 8.45. The zero-order valence-electron chi connectivity index (χ0n) is 29.2. The predicted molar refractivity (Wildman–Crippen MR) is 188 cm³/mol. The third-order valence-corrected chi connectivity index (χ3v) is 10.4. The summed E-state index contributed by atoms with van der Waals surface area (Å²) in [7, 11) is 0. The summed E-state index contributed by atoms with van der Waals surface area (Å²) in [5.41, 5.74) is 3.97. The van der Waals surface area contributed by atoms with Gasteiger partial charge in [-0.15, -0.1) is 0 Å². The average molecular weight is 646 g/mol. The van der Waals surface area contributed by atoms with Crippen molar-refractivity contribution in [2.75, 3.05) is 72.0 Å². The number of H-pyrrole nitrogens is 1. The van der Waals surface area contributed by atoms with Gasteiger partial charge in [0.1, 0.15) is 11.2 Å². The number of likely N-dealkylation sites (tertiary alicyclic amines) is 2. The van der Waals surface area contributed by atoms with E-state index in [0.29, 0.717) is 11.8 Å². The highest BCUT2D eigenvalue weighted by molar-refractivity contribution is 5.93. The summed E-state index contributed by atoms with van der Waals surface area (Å²) >= 11 is 0. The number of aromatic amines is 1. The van der Waals surface area contributed by atoms with Gasteiger partial charge in [-0.3, -0.25) is 9.69 Å². The van der Waals surface area contributed by atoms with Crippen LogP contribution in [-0.2, 0) is 4.74 Å². The molecule has 47 heavy (non-hydrogen) atoms. The van der Waals surface area contributed by atoms with E-state index in [2.05, 4.69) is 36.8 Å². The van der Waals surface area contributed by atoms with Gasteiger partial charge in [0, 0.05) is 100 Å². The maximum atomic E-state index is 12.4. The molecule has 0 bridgehead atoms. The number of amides is 1. The first-order chi connectivity index (χ1) is 22.5. The molecular weight excluding hydrogens is 590 g/mol. The largest absolute Gasteiger partial charge is 0.444 e. The van der Waals surface area contributed by atoms with Crippen molar-refractivity contribution in [2.24, 2.45) is 5.92 Å². The van der Waals surface area contributed by atoms with Crippen molar-refractivity contribution >= 4 is 17.1 Å². The number of aromatic nitrogens is 3. The van der Waals surface area contributed by atoms with Crippen LogP contribution < -0.4 is 5.56 Å². The summed E-state index contributed by atoms with van der Waals surface area (Å²) in [6, 6.07) is 8.08. The average Bonchev–Trinajstić information content (AvgIpc) is 3.49. The molecule has 3 saturated heterocycles. The SMILES string of the molecule is CC(C)n1cc(-c2ccnc3[nH]c(C4CCN(CCN5CCN(CC6CCN(C(=O)OC(C)(C)C)CC6)CC5)CC4)cc23)ccc1=O. The Morgan fingerprint density at radius 3 is 2.23 bits per heavy atom. The molecule has 10 heteroatoms. The van der Waals surface area contributed by atoms with E-state index < -0.39 is 5.60 Å². The predicted octanol–water partition coefficient (Wildman–Crippen LogP) is 5.42. The maximum absolute atomic E-state index is 12.4. The maximum Gasteiger partial charge on any atom is 0.410 e. The van der Waals surface area contributed by atoms with Gasteiger partial charge in [0.05, 0.1) is 0 Å². The van der Waals surface area contributed by atoms with Gasteiger partial charge < -0.3 is 29.0 Å². The fraction of sp³-hybridized carbons (Fsp3) is 0.649. The second kappa shape index (κ2) is 14.5. The summed E-state index contributed by atoms with van der Waals surface area (Å²) in [5, 5.41) is 1.13. The molecule has 1 N–H and O–H groups in total. The minimum absolute atomic E-state index is 0.0308. The van der Waals surface area contributed by atoms with Gasteiger partial charge >= 0.3 is 6.09 Å². The van der Waals surface area contributed by atoms with Crippen LogP contribution in [0.4, 0.5) is 4.79 Å². The van der Waals surface area contributed by atoms with Gasteiger partial charge in [0.15, 0.2) is 0 Å². The number of fused-ring (bicyclic) bond motifs is 1. The molecule has 3 aliphatic rings. The lowest BCUT2D eigenvalue weighted by atomic mass is 9.93. The van der Waals surface area contributed by atoms with Crippen LogP contribution in [0, 0.1) is 5.92 Å². The smallest absolute Gasteiger partial charge is 0.410 e. The standard InChI is InChI=1S/C37H55N7O3/c1-27(2)44-26-30(6-7-34(44)45)31-8-13-38-35-32(31)24-33(39-35)29-11-14-40(15-12-29)18-19-41-20-22-42(23-21-41)25-28-9-16-43(17-10-28)36(46)47-37(3,4)5/h6-8,13,24,26-29H,9-12,14-23,25H2,1-5H3,(H,38,39). The van der Waals surface area contributed by atoms with Crippen molar-refractivity contribution in [3.05, 3.63) is 52.7 Å². The van der Waals surface area contributed by atoms with Crippen LogP contribution in [0.1, 0.15) is 78.0 Å². The molecule has 3 aromatic heterocycles. The molecule has 6 rings (SSSR count). The number of piperidine rings is 2. The second-order valence-electron chi connectivity index (χ2n) is 15.3. The fourth-order valence-corrected chi connectivity index (χ4v) is 7.52. The van der Waals surface area contributed by atoms with E-state index in [0.717, 1.165) is 120 Å². The summed E-state index contributed by atoms with van der Waals surface area (Å²) < 4.78 is 7.36. The van der Waals surface area contributed by atoms with Crippen LogP contribution in [0.25, 0.3) is 22.2 Å². The molecule has 3 aliphatic heterocycles. The minimum Gasteiger partial charge on any atom is -0.444 e. The number of pyridine rings is 2. The Morgan fingerprint density at radius 1 is 0.915 bits per heavy atom. The van der Waals surface area contributed by atoms with Crippen molar-refractivity contribution in [1.82, 2.24) is 34.1 Å². The number of carbonyl (C=O) groups is 1. The van der Waals surface area contributed by atoms with Crippen LogP contribution in [0.3, 0.4) is 0 Å². The number of hydrogen-bond acceptors (Lipinski definition) is 7. The minimum atomic E-state index is -0.433. The molecular formula is C37H55N7O3. The molecule has 0 saturated carbocycles. The normalized spacial score (nSPS) is 20.0. The highest BCUT2D eigenvalue weighted by Gasteiger charge is 2.29. The van der Waals surface area contributed by atoms with Gasteiger partial charge in [-0.1, -0.05) is 0 Å². The first-order valence-electron chi connectivity index (χ1n) is 17.9. The number of ether oxygens (including phenoxy) is 1. The molecule has 0 aliphatic carbocycles. The molecule has 3 fully saturated rings. The Balaban J connectivity index is 0.926. The van der Waals surface area contributed by atoms with Crippen molar-refractivity contribution in [1.29, 1.82) is 0 Å². The Hall–Kier alpha value is -3.21. The summed E-state index contributed by atoms with van der Waals surface area (Å²) in [4.78, 5) is 42.8. The van der Waals surface area contributed by atoms with Gasteiger partial charge in [0.25, 0.3) is 5.56 Å². The number of hydrogen-bond donors (Lipinski definition) is 1. The molecule has 256 valence electrons. The van der Waals surface area contributed by atoms with E-state index in [1.807, 2.05) is 58.0 Å². The van der Waals surface area contributed by atoms with Crippen LogP contribution in [0.15, 0.2) is 41.5 Å². The monoisotopic (exact) mass is 645 g/mol. The second-order valence-corrected chi connectivity index (χ2v) is 15.3. The highest BCUT2D eigenvalue weighted by atomic mass is 16.6. The molecule has 0 unspecified atom stereocenters. The lowest BCUT2D eigenvalue weighted by molar-refractivity contribution is 0.0158. The van der Waals surface area contributed by atoms with E-state index in [1.54, 1.807) is 10.6 Å². The highest BCUT2D eigenvalue weighted by Crippen LogP contribution is 2.33. The lowest BCUT2D eigenvalue weighted by Crippen LogP contribution is -2.51. The number of piperazine rings is 1. The summed E-state index contributed by atoms with van der Waals surface area (Å²) in [6.45, 7) is 21.8. The molecule has 0 atom stereocenters. The Kier molecular flexibility index (Phi) is 10.4. The Morgan fingerprint density at radius 2 is 1.57 bits per heavy atom. The summed E-state index contributed by atoms with van der Waals surface area (Å²) in [6.07, 6.45) is 8.12.